The number of amides is 1. The van der Waals surface area contributed by atoms with E-state index in [4.69, 9.17) is 9.47 Å². The molecule has 0 bridgehead atoms. The lowest BCUT2D eigenvalue weighted by Gasteiger charge is -2.22. The maximum absolute atomic E-state index is 10.9. The Balaban J connectivity index is 2.15. The van der Waals surface area contributed by atoms with Gasteiger partial charge in [-0.3, -0.25) is 0 Å². The number of nitrogens with one attached hydrogen (secondary N) is 1. The lowest BCUT2D eigenvalue weighted by atomic mass is 10.1. The van der Waals surface area contributed by atoms with Crippen molar-refractivity contribution in [3.8, 4) is 0 Å². The van der Waals surface area contributed by atoms with Crippen molar-refractivity contribution in [2.75, 3.05) is 19.8 Å². The normalized spacial score (nSPS) is 18.8. The molecule has 0 aromatic rings. The van der Waals surface area contributed by atoms with E-state index in [2.05, 4.69) is 5.32 Å². The number of alkyl carbamates (subject to hydrolysis) is 1. The maximum Gasteiger partial charge on any atom is 0.407 e. The summed E-state index contributed by atoms with van der Waals surface area (Å²) < 4.78 is 9.90. The van der Waals surface area contributed by atoms with Gasteiger partial charge in [-0.05, 0) is 19.8 Å². The van der Waals surface area contributed by atoms with Crippen LogP contribution in [0.1, 0.15) is 19.8 Å². The van der Waals surface area contributed by atoms with E-state index < -0.39 is 0 Å². The average Bonchev–Trinajstić information content (AvgIpc) is 2.06. The SMILES string of the molecule is CCOC(=O)NC1CCOCC1. The molecule has 0 radical (unpaired) electrons. The van der Waals surface area contributed by atoms with Crippen LogP contribution >= 0.6 is 0 Å². The minimum Gasteiger partial charge on any atom is -0.450 e. The molecule has 4 nitrogen and oxygen atoms in total. The van der Waals surface area contributed by atoms with Crippen molar-refractivity contribution < 1.29 is 14.3 Å². The Morgan fingerprint density at radius 3 is 2.83 bits per heavy atom. The predicted molar refractivity (Wildman–Crippen MR) is 44.0 cm³/mol. The first-order chi connectivity index (χ1) is 5.83. The number of rotatable bonds is 2. The van der Waals surface area contributed by atoms with Gasteiger partial charge in [0, 0.05) is 19.3 Å². The molecular weight excluding hydrogens is 158 g/mol. The summed E-state index contributed by atoms with van der Waals surface area (Å²) in [5.74, 6) is 0. The van der Waals surface area contributed by atoms with Crippen molar-refractivity contribution in [3.05, 3.63) is 0 Å². The van der Waals surface area contributed by atoms with E-state index in [1.807, 2.05) is 0 Å². The first-order valence-corrected chi connectivity index (χ1v) is 4.34. The van der Waals surface area contributed by atoms with Crippen LogP contribution in [0.5, 0.6) is 0 Å². The zero-order valence-electron chi connectivity index (χ0n) is 7.34. The average molecular weight is 173 g/mol. The first kappa shape index (κ1) is 9.32. The molecule has 1 heterocycles. The van der Waals surface area contributed by atoms with Gasteiger partial charge in [-0.1, -0.05) is 0 Å². The minimum absolute atomic E-state index is 0.234. The molecule has 0 atom stereocenters. The molecule has 0 aromatic carbocycles. The van der Waals surface area contributed by atoms with Crippen LogP contribution in [0.25, 0.3) is 0 Å². The molecule has 0 unspecified atom stereocenters. The standard InChI is InChI=1S/C8H15NO3/c1-2-12-8(10)9-7-3-5-11-6-4-7/h7H,2-6H2,1H3,(H,9,10). The van der Waals surface area contributed by atoms with Gasteiger partial charge in [0.05, 0.1) is 6.61 Å². The highest BCUT2D eigenvalue weighted by atomic mass is 16.5. The van der Waals surface area contributed by atoms with Crippen LogP contribution in [0.4, 0.5) is 4.79 Å². The van der Waals surface area contributed by atoms with Crippen molar-refractivity contribution in [3.63, 3.8) is 0 Å². The molecule has 1 fully saturated rings. The Kier molecular flexibility index (Phi) is 3.87. The van der Waals surface area contributed by atoms with Crippen LogP contribution in [-0.2, 0) is 9.47 Å². The molecule has 1 N–H and O–H groups in total. The Morgan fingerprint density at radius 1 is 1.58 bits per heavy atom. The fourth-order valence-corrected chi connectivity index (χ4v) is 1.18. The van der Waals surface area contributed by atoms with E-state index in [1.165, 1.54) is 0 Å². The largest absolute Gasteiger partial charge is 0.450 e. The van der Waals surface area contributed by atoms with Crippen molar-refractivity contribution in [1.82, 2.24) is 5.32 Å². The zero-order chi connectivity index (χ0) is 8.81. The van der Waals surface area contributed by atoms with E-state index in [9.17, 15) is 4.79 Å². The van der Waals surface area contributed by atoms with Crippen LogP contribution in [-0.4, -0.2) is 32.0 Å². The summed E-state index contributed by atoms with van der Waals surface area (Å²) in [6.45, 7) is 3.69. The second-order valence-corrected chi connectivity index (χ2v) is 2.75. The van der Waals surface area contributed by atoms with Gasteiger partial charge in [0.1, 0.15) is 0 Å². The smallest absolute Gasteiger partial charge is 0.407 e. The van der Waals surface area contributed by atoms with E-state index >= 15 is 0 Å². The van der Waals surface area contributed by atoms with E-state index in [1.54, 1.807) is 6.92 Å². The number of carbonyl (C=O) groups is 1. The fourth-order valence-electron chi connectivity index (χ4n) is 1.18. The molecule has 70 valence electrons. The Labute approximate surface area is 72.2 Å². The van der Waals surface area contributed by atoms with Gasteiger partial charge in [0.15, 0.2) is 0 Å². The fraction of sp³-hybridized carbons (Fsp3) is 0.875. The summed E-state index contributed by atoms with van der Waals surface area (Å²) in [5, 5.41) is 2.78. The van der Waals surface area contributed by atoms with Gasteiger partial charge in [-0.2, -0.15) is 0 Å². The van der Waals surface area contributed by atoms with E-state index in [0.717, 1.165) is 26.1 Å². The molecule has 0 spiro atoms. The monoisotopic (exact) mass is 173 g/mol. The van der Waals surface area contributed by atoms with Crippen molar-refractivity contribution in [1.29, 1.82) is 0 Å². The Bertz CT molecular complexity index is 143. The lowest BCUT2D eigenvalue weighted by molar-refractivity contribution is 0.0740. The van der Waals surface area contributed by atoms with Crippen molar-refractivity contribution in [2.24, 2.45) is 0 Å². The highest BCUT2D eigenvalue weighted by Gasteiger charge is 2.15. The Morgan fingerprint density at radius 2 is 2.25 bits per heavy atom. The van der Waals surface area contributed by atoms with Crippen molar-refractivity contribution in [2.45, 2.75) is 25.8 Å². The third kappa shape index (κ3) is 3.09. The molecule has 1 rings (SSSR count). The topological polar surface area (TPSA) is 47.6 Å². The van der Waals surface area contributed by atoms with Crippen LogP contribution in [0, 0.1) is 0 Å². The summed E-state index contributed by atoms with van der Waals surface area (Å²) >= 11 is 0. The van der Waals surface area contributed by atoms with Gasteiger partial charge in [-0.15, -0.1) is 0 Å². The summed E-state index contributed by atoms with van der Waals surface area (Å²) in [4.78, 5) is 10.9. The third-order valence-corrected chi connectivity index (χ3v) is 1.82. The summed E-state index contributed by atoms with van der Waals surface area (Å²) in [7, 11) is 0. The van der Waals surface area contributed by atoms with Gasteiger partial charge >= 0.3 is 6.09 Å². The number of hydrogen-bond donors (Lipinski definition) is 1. The predicted octanol–water partition coefficient (Wildman–Crippen LogP) is 0.912. The quantitative estimate of drug-likeness (QED) is 0.675. The third-order valence-electron chi connectivity index (χ3n) is 1.82. The first-order valence-electron chi connectivity index (χ1n) is 4.34. The maximum atomic E-state index is 10.9. The molecule has 0 aliphatic carbocycles. The van der Waals surface area contributed by atoms with Crippen LogP contribution in [0.15, 0.2) is 0 Å². The molecule has 12 heavy (non-hydrogen) atoms. The molecule has 1 saturated heterocycles. The van der Waals surface area contributed by atoms with E-state index in [-0.39, 0.29) is 12.1 Å². The molecule has 0 saturated carbocycles. The second-order valence-electron chi connectivity index (χ2n) is 2.75. The van der Waals surface area contributed by atoms with Gasteiger partial charge in [0.2, 0.25) is 0 Å². The van der Waals surface area contributed by atoms with Gasteiger partial charge in [-0.25, -0.2) is 4.79 Å². The molecule has 0 aromatic heterocycles. The van der Waals surface area contributed by atoms with Gasteiger partial charge < -0.3 is 14.8 Å². The summed E-state index contributed by atoms with van der Waals surface area (Å²) in [6.07, 6.45) is 1.46. The van der Waals surface area contributed by atoms with Crippen LogP contribution < -0.4 is 5.32 Å². The summed E-state index contributed by atoms with van der Waals surface area (Å²) in [5.41, 5.74) is 0. The van der Waals surface area contributed by atoms with Gasteiger partial charge in [0.25, 0.3) is 0 Å². The number of hydrogen-bond acceptors (Lipinski definition) is 3. The molecular formula is C8H15NO3. The van der Waals surface area contributed by atoms with Crippen LogP contribution in [0.2, 0.25) is 0 Å². The molecule has 4 heteroatoms. The van der Waals surface area contributed by atoms with Crippen LogP contribution in [0.3, 0.4) is 0 Å². The Hall–Kier alpha value is -0.770. The number of carbonyl (C=O) groups excluding carboxylic acids is 1. The highest BCUT2D eigenvalue weighted by Crippen LogP contribution is 2.05. The molecule has 1 aliphatic heterocycles. The second kappa shape index (κ2) is 4.98. The lowest BCUT2D eigenvalue weighted by Crippen LogP contribution is -2.39. The molecule has 1 aliphatic rings. The van der Waals surface area contributed by atoms with E-state index in [0.29, 0.717) is 6.61 Å². The zero-order valence-corrected chi connectivity index (χ0v) is 7.34. The summed E-state index contributed by atoms with van der Waals surface area (Å²) in [6, 6.07) is 0.234. The minimum atomic E-state index is -0.315. The highest BCUT2D eigenvalue weighted by molar-refractivity contribution is 5.67. The van der Waals surface area contributed by atoms with Crippen molar-refractivity contribution >= 4 is 6.09 Å². The number of ether oxygens (including phenoxy) is 2. The molecule has 1 amide bonds.